The van der Waals surface area contributed by atoms with Crippen LogP contribution in [0.5, 0.6) is 0 Å². The average Bonchev–Trinajstić information content (AvgIpc) is 2.88. The molecule has 0 aromatic carbocycles. The van der Waals surface area contributed by atoms with Crippen LogP contribution < -0.4 is 10.6 Å². The molecule has 2 heterocycles. The highest BCUT2D eigenvalue weighted by Crippen LogP contribution is 2.36. The smallest absolute Gasteiger partial charge is 0.226 e. The number of nitrogens with one attached hydrogen (secondary N) is 3. The lowest BCUT2D eigenvalue weighted by molar-refractivity contribution is 0.144. The maximum atomic E-state index is 9.59. The normalized spacial score (nSPS) is 16.9. The number of H-pyrrole nitrogens is 1. The maximum absolute atomic E-state index is 9.59. The van der Waals surface area contributed by atoms with Crippen molar-refractivity contribution < 1.29 is 5.11 Å². The molecule has 20 heavy (non-hydrogen) atoms. The van der Waals surface area contributed by atoms with E-state index in [-0.39, 0.29) is 12.1 Å². The van der Waals surface area contributed by atoms with Gasteiger partial charge in [0, 0.05) is 6.54 Å². The fraction of sp³-hybridized carbons (Fsp3) is 0.615. The summed E-state index contributed by atoms with van der Waals surface area (Å²) in [6.45, 7) is 3.04. The molecule has 2 aromatic heterocycles. The third-order valence-corrected chi connectivity index (χ3v) is 3.84. The minimum absolute atomic E-state index is 0.119. The lowest BCUT2D eigenvalue weighted by atomic mass is 9.77. The van der Waals surface area contributed by atoms with E-state index in [0.29, 0.717) is 11.6 Å². The number of fused-ring (bicyclic) bond motifs is 1. The third-order valence-electron chi connectivity index (χ3n) is 3.84. The predicted molar refractivity (Wildman–Crippen MR) is 77.8 cm³/mol. The first-order valence-electron chi connectivity index (χ1n) is 7.10. The third kappa shape index (κ3) is 2.29. The van der Waals surface area contributed by atoms with Crippen LogP contribution in [0.15, 0.2) is 6.20 Å². The second-order valence-electron chi connectivity index (χ2n) is 5.37. The van der Waals surface area contributed by atoms with Crippen LogP contribution in [0.3, 0.4) is 0 Å². The monoisotopic (exact) mass is 276 g/mol. The molecule has 0 radical (unpaired) electrons. The number of hydrogen-bond acceptors (Lipinski definition) is 6. The van der Waals surface area contributed by atoms with E-state index in [0.717, 1.165) is 43.4 Å². The van der Waals surface area contributed by atoms with Crippen molar-refractivity contribution in [2.24, 2.45) is 0 Å². The molecule has 1 aliphatic carbocycles. The second-order valence-corrected chi connectivity index (χ2v) is 5.37. The Bertz CT molecular complexity index is 586. The van der Waals surface area contributed by atoms with Gasteiger partial charge >= 0.3 is 0 Å². The van der Waals surface area contributed by atoms with Crippen LogP contribution >= 0.6 is 0 Å². The zero-order valence-electron chi connectivity index (χ0n) is 11.6. The molecular weight excluding hydrogens is 256 g/mol. The molecule has 108 valence electrons. The van der Waals surface area contributed by atoms with Gasteiger partial charge < -0.3 is 15.7 Å². The Morgan fingerprint density at radius 1 is 1.40 bits per heavy atom. The Hall–Kier alpha value is -1.89. The van der Waals surface area contributed by atoms with E-state index >= 15 is 0 Å². The van der Waals surface area contributed by atoms with Gasteiger partial charge in [0.1, 0.15) is 5.82 Å². The Morgan fingerprint density at radius 3 is 2.90 bits per heavy atom. The minimum atomic E-state index is -0.236. The summed E-state index contributed by atoms with van der Waals surface area (Å²) >= 11 is 0. The molecule has 4 N–H and O–H groups in total. The van der Waals surface area contributed by atoms with E-state index in [1.165, 1.54) is 0 Å². The van der Waals surface area contributed by atoms with E-state index in [1.807, 2.05) is 0 Å². The number of aromatic nitrogens is 4. The zero-order chi connectivity index (χ0) is 14.0. The van der Waals surface area contributed by atoms with E-state index in [9.17, 15) is 5.11 Å². The number of aromatic amines is 1. The van der Waals surface area contributed by atoms with Crippen molar-refractivity contribution in [2.75, 3.05) is 23.8 Å². The summed E-state index contributed by atoms with van der Waals surface area (Å²) < 4.78 is 0. The number of nitrogens with zero attached hydrogens (tertiary/aromatic N) is 3. The zero-order valence-corrected chi connectivity index (χ0v) is 11.6. The molecule has 7 nitrogen and oxygen atoms in total. The first-order chi connectivity index (χ1) is 9.76. The van der Waals surface area contributed by atoms with Crippen molar-refractivity contribution in [2.45, 2.75) is 38.1 Å². The van der Waals surface area contributed by atoms with Crippen LogP contribution in [0.1, 0.15) is 32.6 Å². The summed E-state index contributed by atoms with van der Waals surface area (Å²) in [7, 11) is 0. The average molecular weight is 276 g/mol. The number of anilines is 2. The van der Waals surface area contributed by atoms with Crippen LogP contribution in [-0.4, -0.2) is 44.0 Å². The van der Waals surface area contributed by atoms with Gasteiger partial charge in [0.2, 0.25) is 5.95 Å². The van der Waals surface area contributed by atoms with Crippen LogP contribution in [0.2, 0.25) is 0 Å². The maximum Gasteiger partial charge on any atom is 0.226 e. The molecule has 0 bridgehead atoms. The number of aliphatic hydroxyl groups is 1. The van der Waals surface area contributed by atoms with Crippen molar-refractivity contribution >= 4 is 22.8 Å². The molecule has 0 atom stereocenters. The van der Waals surface area contributed by atoms with Crippen LogP contribution in [0.4, 0.5) is 11.8 Å². The number of aliphatic hydroxyl groups excluding tert-OH is 1. The Balaban J connectivity index is 1.92. The van der Waals surface area contributed by atoms with E-state index < -0.39 is 0 Å². The van der Waals surface area contributed by atoms with Crippen molar-refractivity contribution in [3.8, 4) is 0 Å². The van der Waals surface area contributed by atoms with Crippen LogP contribution in [-0.2, 0) is 0 Å². The van der Waals surface area contributed by atoms with E-state index in [1.54, 1.807) is 6.20 Å². The molecule has 1 fully saturated rings. The largest absolute Gasteiger partial charge is 0.394 e. The molecule has 0 saturated heterocycles. The highest BCUT2D eigenvalue weighted by atomic mass is 16.3. The van der Waals surface area contributed by atoms with Gasteiger partial charge in [0.05, 0.1) is 23.7 Å². The van der Waals surface area contributed by atoms with Crippen molar-refractivity contribution in [1.82, 2.24) is 20.2 Å². The van der Waals surface area contributed by atoms with Crippen molar-refractivity contribution in [3.05, 3.63) is 6.20 Å². The molecule has 1 aliphatic rings. The van der Waals surface area contributed by atoms with Gasteiger partial charge in [0.25, 0.3) is 0 Å². The number of rotatable bonds is 6. The van der Waals surface area contributed by atoms with E-state index in [4.69, 9.17) is 0 Å². The first kappa shape index (κ1) is 13.1. The fourth-order valence-electron chi connectivity index (χ4n) is 2.42. The van der Waals surface area contributed by atoms with Gasteiger partial charge in [-0.05, 0) is 25.7 Å². The topological polar surface area (TPSA) is 98.8 Å². The van der Waals surface area contributed by atoms with Crippen LogP contribution in [0, 0.1) is 0 Å². The van der Waals surface area contributed by atoms with Gasteiger partial charge in [-0.15, -0.1) is 0 Å². The summed E-state index contributed by atoms with van der Waals surface area (Å²) in [6.07, 6.45) is 5.78. The van der Waals surface area contributed by atoms with E-state index in [2.05, 4.69) is 37.7 Å². The SMILES string of the molecule is CCCNc1nc(NC2(CO)CCC2)c2cn[nH]c2n1. The fourth-order valence-corrected chi connectivity index (χ4v) is 2.42. The van der Waals surface area contributed by atoms with Crippen molar-refractivity contribution in [1.29, 1.82) is 0 Å². The summed E-state index contributed by atoms with van der Waals surface area (Å²) in [6, 6.07) is 0. The summed E-state index contributed by atoms with van der Waals surface area (Å²) in [5, 5.41) is 23.9. The number of hydrogen-bond donors (Lipinski definition) is 4. The molecule has 0 aliphatic heterocycles. The van der Waals surface area contributed by atoms with Gasteiger partial charge in [-0.3, -0.25) is 5.10 Å². The molecule has 0 spiro atoms. The summed E-state index contributed by atoms with van der Waals surface area (Å²) in [5.74, 6) is 1.31. The van der Waals surface area contributed by atoms with Gasteiger partial charge in [-0.25, -0.2) is 0 Å². The Labute approximate surface area is 117 Å². The molecule has 0 unspecified atom stereocenters. The molecule has 1 saturated carbocycles. The minimum Gasteiger partial charge on any atom is -0.394 e. The highest BCUT2D eigenvalue weighted by Gasteiger charge is 2.37. The first-order valence-corrected chi connectivity index (χ1v) is 7.10. The highest BCUT2D eigenvalue weighted by molar-refractivity contribution is 5.87. The van der Waals surface area contributed by atoms with Gasteiger partial charge in [-0.2, -0.15) is 15.1 Å². The summed E-state index contributed by atoms with van der Waals surface area (Å²) in [5.41, 5.74) is 0.467. The standard InChI is InChI=1S/C13H20N6O/c1-2-6-14-12-16-10(9-7-15-19-11(9)17-12)18-13(8-20)4-3-5-13/h7,20H,2-6,8H2,1H3,(H3,14,15,16,17,18,19). The molecular formula is C13H20N6O. The molecule has 3 rings (SSSR count). The lowest BCUT2D eigenvalue weighted by Crippen LogP contribution is -2.48. The molecule has 2 aromatic rings. The van der Waals surface area contributed by atoms with Gasteiger partial charge in [-0.1, -0.05) is 6.92 Å². The molecule has 0 amide bonds. The predicted octanol–water partition coefficient (Wildman–Crippen LogP) is 1.50. The quantitative estimate of drug-likeness (QED) is 0.638. The Morgan fingerprint density at radius 2 is 2.25 bits per heavy atom. The Kier molecular flexibility index (Phi) is 3.43. The lowest BCUT2D eigenvalue weighted by Gasteiger charge is -2.41. The second kappa shape index (κ2) is 5.24. The van der Waals surface area contributed by atoms with Gasteiger partial charge in [0.15, 0.2) is 5.65 Å². The van der Waals surface area contributed by atoms with Crippen LogP contribution in [0.25, 0.3) is 11.0 Å². The summed E-state index contributed by atoms with van der Waals surface area (Å²) in [4.78, 5) is 8.91. The van der Waals surface area contributed by atoms with Crippen molar-refractivity contribution in [3.63, 3.8) is 0 Å². The molecule has 7 heteroatoms.